The van der Waals surface area contributed by atoms with E-state index in [1.54, 1.807) is 18.5 Å². The molecule has 3 rings (SSSR count). The van der Waals surface area contributed by atoms with E-state index in [9.17, 15) is 4.79 Å². The van der Waals surface area contributed by atoms with Gasteiger partial charge in [0.1, 0.15) is 0 Å². The summed E-state index contributed by atoms with van der Waals surface area (Å²) >= 11 is 0. The Balaban J connectivity index is 1.69. The number of aromatic nitrogens is 2. The average Bonchev–Trinajstić information content (AvgIpc) is 3.10. The molecule has 0 bridgehead atoms. The van der Waals surface area contributed by atoms with Crippen LogP contribution in [0.15, 0.2) is 48.9 Å². The Kier molecular flexibility index (Phi) is 5.56. The predicted octanol–water partition coefficient (Wildman–Crippen LogP) is 2.92. The largest absolute Gasteiger partial charge is 0.331 e. The first-order valence-electron chi connectivity index (χ1n) is 8.62. The highest BCUT2D eigenvalue weighted by atomic mass is 16.2. The number of likely N-dealkylation sites (tertiary alicyclic amines) is 1. The predicted molar refractivity (Wildman–Crippen MR) is 98.6 cm³/mol. The smallest absolute Gasteiger partial charge is 0.247 e. The number of carbonyl (C=O) groups is 1. The van der Waals surface area contributed by atoms with Gasteiger partial charge in [-0.1, -0.05) is 6.07 Å². The molecule has 0 saturated carbocycles. The Morgan fingerprint density at radius 3 is 2.76 bits per heavy atom. The fourth-order valence-electron chi connectivity index (χ4n) is 3.17. The topological polar surface area (TPSA) is 49.3 Å². The molecule has 1 saturated heterocycles. The van der Waals surface area contributed by atoms with Gasteiger partial charge in [-0.05, 0) is 62.3 Å². The summed E-state index contributed by atoms with van der Waals surface area (Å²) in [4.78, 5) is 25.2. The minimum absolute atomic E-state index is 0.0403. The first-order valence-corrected chi connectivity index (χ1v) is 8.62. The molecule has 1 amide bonds. The highest BCUT2D eigenvalue weighted by molar-refractivity contribution is 5.92. The third-order valence-corrected chi connectivity index (χ3v) is 4.35. The zero-order chi connectivity index (χ0) is 17.6. The van der Waals surface area contributed by atoms with Crippen LogP contribution < -0.4 is 0 Å². The molecule has 1 atom stereocenters. The van der Waals surface area contributed by atoms with Gasteiger partial charge in [0.15, 0.2) is 0 Å². The van der Waals surface area contributed by atoms with Crippen molar-refractivity contribution in [3.05, 3.63) is 65.8 Å². The van der Waals surface area contributed by atoms with Gasteiger partial charge < -0.3 is 9.80 Å². The number of amides is 1. The van der Waals surface area contributed by atoms with E-state index in [2.05, 4.69) is 27.0 Å². The summed E-state index contributed by atoms with van der Waals surface area (Å²) < 4.78 is 0. The van der Waals surface area contributed by atoms with Crippen molar-refractivity contribution in [3.63, 3.8) is 0 Å². The second-order valence-electron chi connectivity index (χ2n) is 6.63. The van der Waals surface area contributed by atoms with E-state index in [0.29, 0.717) is 0 Å². The normalized spacial score (nSPS) is 17.6. The molecule has 5 nitrogen and oxygen atoms in total. The number of hydrogen-bond acceptors (Lipinski definition) is 4. The maximum atomic E-state index is 12.6. The van der Waals surface area contributed by atoms with Gasteiger partial charge in [0, 0.05) is 37.8 Å². The van der Waals surface area contributed by atoms with Crippen molar-refractivity contribution >= 4 is 12.0 Å². The van der Waals surface area contributed by atoms with Gasteiger partial charge in [-0.25, -0.2) is 0 Å². The van der Waals surface area contributed by atoms with Crippen molar-refractivity contribution in [1.82, 2.24) is 19.8 Å². The molecular formula is C20H24N4O. The quantitative estimate of drug-likeness (QED) is 0.788. The van der Waals surface area contributed by atoms with Crippen LogP contribution in [0.2, 0.25) is 0 Å². The van der Waals surface area contributed by atoms with E-state index in [1.165, 1.54) is 5.56 Å². The molecule has 2 aromatic rings. The van der Waals surface area contributed by atoms with Gasteiger partial charge in [-0.2, -0.15) is 0 Å². The second kappa shape index (κ2) is 8.03. The van der Waals surface area contributed by atoms with E-state index in [1.807, 2.05) is 43.4 Å². The molecule has 130 valence electrons. The maximum Gasteiger partial charge on any atom is 0.247 e. The summed E-state index contributed by atoms with van der Waals surface area (Å²) in [6.07, 6.45) is 10.8. The van der Waals surface area contributed by atoms with Crippen LogP contribution in [-0.2, 0) is 11.3 Å². The van der Waals surface area contributed by atoms with Crippen LogP contribution in [0.4, 0.5) is 0 Å². The molecule has 1 aliphatic heterocycles. The fraction of sp³-hybridized carbons (Fsp3) is 0.350. The SMILES string of the molecule is CN(C)Cc1ccc([C@H]2CCCN2C(=O)/C=C/c2ccncc2)nc1. The highest BCUT2D eigenvalue weighted by Crippen LogP contribution is 2.31. The average molecular weight is 336 g/mol. The molecule has 25 heavy (non-hydrogen) atoms. The molecule has 0 aromatic carbocycles. The Morgan fingerprint density at radius 1 is 1.28 bits per heavy atom. The molecule has 1 fully saturated rings. The summed E-state index contributed by atoms with van der Waals surface area (Å²) in [6.45, 7) is 1.65. The van der Waals surface area contributed by atoms with E-state index in [-0.39, 0.29) is 11.9 Å². The van der Waals surface area contributed by atoms with Crippen LogP contribution >= 0.6 is 0 Å². The summed E-state index contributed by atoms with van der Waals surface area (Å²) in [5, 5.41) is 0. The van der Waals surface area contributed by atoms with E-state index < -0.39 is 0 Å². The Labute approximate surface area is 149 Å². The van der Waals surface area contributed by atoms with Crippen LogP contribution in [0.25, 0.3) is 6.08 Å². The van der Waals surface area contributed by atoms with E-state index >= 15 is 0 Å². The zero-order valence-electron chi connectivity index (χ0n) is 14.8. The van der Waals surface area contributed by atoms with Crippen LogP contribution in [0.5, 0.6) is 0 Å². The molecule has 0 spiro atoms. The van der Waals surface area contributed by atoms with Gasteiger partial charge in [-0.15, -0.1) is 0 Å². The third kappa shape index (κ3) is 4.51. The molecule has 0 unspecified atom stereocenters. The van der Waals surface area contributed by atoms with Crippen molar-refractivity contribution in [2.45, 2.75) is 25.4 Å². The minimum atomic E-state index is 0.0403. The van der Waals surface area contributed by atoms with E-state index in [4.69, 9.17) is 0 Å². The minimum Gasteiger partial charge on any atom is -0.331 e. The van der Waals surface area contributed by atoms with Gasteiger partial charge in [0.2, 0.25) is 5.91 Å². The first-order chi connectivity index (χ1) is 12.1. The summed E-state index contributed by atoms with van der Waals surface area (Å²) in [7, 11) is 4.08. The van der Waals surface area contributed by atoms with Crippen molar-refractivity contribution in [2.75, 3.05) is 20.6 Å². The number of hydrogen-bond donors (Lipinski definition) is 0. The summed E-state index contributed by atoms with van der Waals surface area (Å²) in [6, 6.07) is 8.01. The van der Waals surface area contributed by atoms with Crippen molar-refractivity contribution in [1.29, 1.82) is 0 Å². The van der Waals surface area contributed by atoms with Crippen LogP contribution in [0, 0.1) is 0 Å². The lowest BCUT2D eigenvalue weighted by Crippen LogP contribution is -2.29. The molecule has 0 N–H and O–H groups in total. The van der Waals surface area contributed by atoms with Crippen molar-refractivity contribution < 1.29 is 4.79 Å². The molecule has 0 aliphatic carbocycles. The standard InChI is InChI=1S/C20H24N4O/c1-23(2)15-17-5-7-18(22-14-17)19-4-3-13-24(19)20(25)8-6-16-9-11-21-12-10-16/h5-12,14,19H,3-4,13,15H2,1-2H3/b8-6+/t19-/m1/s1. The van der Waals surface area contributed by atoms with Gasteiger partial charge >= 0.3 is 0 Å². The molecular weight excluding hydrogens is 312 g/mol. The Bertz CT molecular complexity index is 725. The molecule has 5 heteroatoms. The van der Waals surface area contributed by atoms with Crippen LogP contribution in [0.1, 0.15) is 35.7 Å². The monoisotopic (exact) mass is 336 g/mol. The Hall–Kier alpha value is -2.53. The highest BCUT2D eigenvalue weighted by Gasteiger charge is 2.29. The molecule has 1 aliphatic rings. The van der Waals surface area contributed by atoms with Gasteiger partial charge in [-0.3, -0.25) is 14.8 Å². The summed E-state index contributed by atoms with van der Waals surface area (Å²) in [5.74, 6) is 0.0403. The number of carbonyl (C=O) groups excluding carboxylic acids is 1. The lowest BCUT2D eigenvalue weighted by Gasteiger charge is -2.23. The third-order valence-electron chi connectivity index (χ3n) is 4.35. The van der Waals surface area contributed by atoms with Crippen molar-refractivity contribution in [2.24, 2.45) is 0 Å². The van der Waals surface area contributed by atoms with Gasteiger partial charge in [0.05, 0.1) is 11.7 Å². The second-order valence-corrected chi connectivity index (χ2v) is 6.63. The van der Waals surface area contributed by atoms with Crippen molar-refractivity contribution in [3.8, 4) is 0 Å². The van der Waals surface area contributed by atoms with Crippen LogP contribution in [0.3, 0.4) is 0 Å². The lowest BCUT2D eigenvalue weighted by atomic mass is 10.1. The number of pyridine rings is 2. The molecule has 2 aromatic heterocycles. The fourth-order valence-corrected chi connectivity index (χ4v) is 3.17. The zero-order valence-corrected chi connectivity index (χ0v) is 14.8. The molecule has 3 heterocycles. The lowest BCUT2D eigenvalue weighted by molar-refractivity contribution is -0.126. The first kappa shape index (κ1) is 17.3. The maximum absolute atomic E-state index is 12.6. The van der Waals surface area contributed by atoms with E-state index in [0.717, 1.165) is 37.2 Å². The number of nitrogens with zero attached hydrogens (tertiary/aromatic N) is 4. The van der Waals surface area contributed by atoms with Crippen LogP contribution in [-0.4, -0.2) is 46.3 Å². The summed E-state index contributed by atoms with van der Waals surface area (Å²) in [5.41, 5.74) is 3.14. The molecule has 0 radical (unpaired) electrons. The van der Waals surface area contributed by atoms with Gasteiger partial charge in [0.25, 0.3) is 0 Å². The Morgan fingerprint density at radius 2 is 2.08 bits per heavy atom. The number of rotatable bonds is 5.